The summed E-state index contributed by atoms with van der Waals surface area (Å²) in [7, 11) is -2.80. The Hall–Kier alpha value is -3.59. The molecule has 2 atom stereocenters. The molecule has 1 aliphatic carbocycles. The molecule has 10 nitrogen and oxygen atoms in total. The lowest BCUT2D eigenvalue weighted by atomic mass is 9.91. The van der Waals surface area contributed by atoms with Gasteiger partial charge in [0.05, 0.1) is 33.9 Å². The van der Waals surface area contributed by atoms with Gasteiger partial charge in [-0.05, 0) is 51.8 Å². The normalized spacial score (nSPS) is 23.7. The summed E-state index contributed by atoms with van der Waals surface area (Å²) in [4.78, 5) is 21.7. The van der Waals surface area contributed by atoms with E-state index in [9.17, 15) is 17.4 Å². The SMILES string of the molecule is CC1(C)C(N)=N[C@](C)(c2cc(-c3cc(-c4cnc(Cl)cn4)no3)ccc2F)C[S@]1(=O)=NC1CC1.O=C(O)C(F)(F)F. The average molecular weight is 617 g/mol. The highest BCUT2D eigenvalue weighted by Crippen LogP contribution is 2.42. The van der Waals surface area contributed by atoms with Crippen LogP contribution in [-0.4, -0.2) is 59.0 Å². The van der Waals surface area contributed by atoms with Gasteiger partial charge in [-0.25, -0.2) is 27.7 Å². The molecule has 3 aromatic rings. The molecule has 3 heterocycles. The second-order valence-electron chi connectivity index (χ2n) is 10.2. The molecule has 1 saturated carbocycles. The van der Waals surface area contributed by atoms with Gasteiger partial charge in [0.15, 0.2) is 5.76 Å². The minimum absolute atomic E-state index is 0.0710. The molecular weight excluding hydrogens is 592 g/mol. The van der Waals surface area contributed by atoms with Crippen molar-refractivity contribution in [3.05, 3.63) is 53.2 Å². The first-order valence-electron chi connectivity index (χ1n) is 12.1. The van der Waals surface area contributed by atoms with Crippen LogP contribution in [0, 0.1) is 5.82 Å². The first-order chi connectivity index (χ1) is 18.9. The van der Waals surface area contributed by atoms with Crippen LogP contribution in [-0.2, 0) is 20.1 Å². The number of aromatic nitrogens is 3. The molecule has 1 aromatic carbocycles. The topological polar surface area (TPSA) is 157 Å². The number of hydrogen-bond donors (Lipinski definition) is 2. The second-order valence-corrected chi connectivity index (χ2v) is 13.4. The number of amidine groups is 1. The smallest absolute Gasteiger partial charge is 0.475 e. The van der Waals surface area contributed by atoms with Crippen molar-refractivity contribution in [2.24, 2.45) is 15.1 Å². The maximum Gasteiger partial charge on any atom is 0.490 e. The summed E-state index contributed by atoms with van der Waals surface area (Å²) in [5.74, 6) is -2.53. The van der Waals surface area contributed by atoms with Crippen molar-refractivity contribution >= 4 is 33.1 Å². The summed E-state index contributed by atoms with van der Waals surface area (Å²) >= 11 is 5.80. The minimum Gasteiger partial charge on any atom is -0.475 e. The molecule has 5 rings (SSSR count). The minimum atomic E-state index is -5.08. The van der Waals surface area contributed by atoms with E-state index in [0.717, 1.165) is 12.8 Å². The Bertz CT molecular complexity index is 1630. The van der Waals surface area contributed by atoms with Gasteiger partial charge in [-0.15, -0.1) is 0 Å². The van der Waals surface area contributed by atoms with Crippen molar-refractivity contribution < 1.29 is 36.2 Å². The van der Waals surface area contributed by atoms with E-state index in [0.29, 0.717) is 22.7 Å². The van der Waals surface area contributed by atoms with Crippen LogP contribution in [0.3, 0.4) is 0 Å². The van der Waals surface area contributed by atoms with Crippen LogP contribution in [0.15, 0.2) is 50.5 Å². The van der Waals surface area contributed by atoms with Gasteiger partial charge in [-0.1, -0.05) is 16.8 Å². The van der Waals surface area contributed by atoms with Crippen LogP contribution >= 0.6 is 11.6 Å². The second kappa shape index (κ2) is 10.7. The maximum atomic E-state index is 15.2. The lowest BCUT2D eigenvalue weighted by molar-refractivity contribution is -0.192. The number of nitrogens with zero attached hydrogens (tertiary/aromatic N) is 5. The van der Waals surface area contributed by atoms with Gasteiger partial charge >= 0.3 is 12.1 Å². The van der Waals surface area contributed by atoms with Crippen molar-refractivity contribution in [2.45, 2.75) is 56.1 Å². The summed E-state index contributed by atoms with van der Waals surface area (Å²) in [6.07, 6.45) is -0.353. The quantitative estimate of drug-likeness (QED) is 0.378. The predicted molar refractivity (Wildman–Crippen MR) is 143 cm³/mol. The van der Waals surface area contributed by atoms with Gasteiger partial charge in [-0.3, -0.25) is 4.99 Å². The number of benzene rings is 1. The lowest BCUT2D eigenvalue weighted by Crippen LogP contribution is -2.55. The molecular formula is C25H25ClF4N6O4S. The molecule has 3 N–H and O–H groups in total. The standard InChI is InChI=1S/C23H24ClFN6O2S.C2HF3O2/c1-22(2)21(26)29-23(3,12-34(22,32)31-14-5-6-14)15-8-13(4-7-16(15)25)19-9-17(30-33-19)18-10-28-20(24)11-27-18;3-2(4,5)1(6)7/h4,7-11,14H,5-6,12H2,1-3H3,(H2,26,29);(H,6,7)/t23-,34+;/m0./s1. The van der Waals surface area contributed by atoms with Gasteiger partial charge in [0.25, 0.3) is 0 Å². The first-order valence-corrected chi connectivity index (χ1v) is 14.2. The number of nitrogens with two attached hydrogens (primary N) is 1. The van der Waals surface area contributed by atoms with Crippen molar-refractivity contribution in [1.82, 2.24) is 15.1 Å². The van der Waals surface area contributed by atoms with Crippen molar-refractivity contribution in [1.29, 1.82) is 0 Å². The Morgan fingerprint density at radius 3 is 2.39 bits per heavy atom. The number of rotatable bonds is 4. The molecule has 2 aromatic heterocycles. The Morgan fingerprint density at radius 1 is 1.17 bits per heavy atom. The molecule has 2 aliphatic rings. The molecule has 41 heavy (non-hydrogen) atoms. The Kier molecular flexibility index (Phi) is 7.90. The number of aliphatic carboxylic acids is 1. The van der Waals surface area contributed by atoms with Crippen LogP contribution in [0.2, 0.25) is 5.15 Å². The highest BCUT2D eigenvalue weighted by molar-refractivity contribution is 7.95. The molecule has 0 unspecified atom stereocenters. The highest BCUT2D eigenvalue weighted by Gasteiger charge is 2.49. The van der Waals surface area contributed by atoms with E-state index >= 15 is 4.39 Å². The van der Waals surface area contributed by atoms with Gasteiger partial charge in [0, 0.05) is 17.2 Å². The van der Waals surface area contributed by atoms with Gasteiger partial charge in [0.2, 0.25) is 0 Å². The molecule has 0 saturated heterocycles. The first kappa shape index (κ1) is 30.4. The highest BCUT2D eigenvalue weighted by atomic mass is 35.5. The number of carboxylic acids is 1. The number of aliphatic imine (C=N–C) groups is 1. The molecule has 0 spiro atoms. The molecule has 220 valence electrons. The Balaban J connectivity index is 0.000000493. The number of alkyl halides is 3. The van der Waals surface area contributed by atoms with E-state index in [2.05, 4.69) is 24.5 Å². The zero-order chi connectivity index (χ0) is 30.4. The number of carboxylic acid groups (broad SMARTS) is 1. The van der Waals surface area contributed by atoms with Crippen LogP contribution in [0.1, 0.15) is 39.2 Å². The van der Waals surface area contributed by atoms with Gasteiger partial charge in [0.1, 0.15) is 38.5 Å². The molecule has 0 radical (unpaired) electrons. The van der Waals surface area contributed by atoms with E-state index in [1.807, 2.05) is 0 Å². The van der Waals surface area contributed by atoms with Crippen molar-refractivity contribution in [3.8, 4) is 22.7 Å². The van der Waals surface area contributed by atoms with Gasteiger partial charge < -0.3 is 15.4 Å². The fourth-order valence-electron chi connectivity index (χ4n) is 3.95. The molecule has 0 amide bonds. The van der Waals surface area contributed by atoms with E-state index in [-0.39, 0.29) is 28.3 Å². The van der Waals surface area contributed by atoms with Crippen molar-refractivity contribution in [3.63, 3.8) is 0 Å². The van der Waals surface area contributed by atoms with Crippen LogP contribution in [0.5, 0.6) is 0 Å². The summed E-state index contributed by atoms with van der Waals surface area (Å²) in [6, 6.07) is 6.32. The summed E-state index contributed by atoms with van der Waals surface area (Å²) in [6.45, 7) is 5.33. The third kappa shape index (κ3) is 6.35. The maximum absolute atomic E-state index is 15.2. The predicted octanol–water partition coefficient (Wildman–Crippen LogP) is 5.22. The average Bonchev–Trinajstić information content (AvgIpc) is 3.54. The lowest BCUT2D eigenvalue weighted by Gasteiger charge is -2.40. The third-order valence-electron chi connectivity index (χ3n) is 6.59. The van der Waals surface area contributed by atoms with Crippen LogP contribution < -0.4 is 5.73 Å². The van der Waals surface area contributed by atoms with Crippen molar-refractivity contribution in [2.75, 3.05) is 5.75 Å². The molecule has 16 heteroatoms. The number of halogens is 5. The summed E-state index contributed by atoms with van der Waals surface area (Å²) in [5.41, 5.74) is 6.96. The Labute approximate surface area is 237 Å². The number of carbonyl (C=O) groups is 1. The number of hydrogen-bond acceptors (Lipinski definition) is 9. The monoisotopic (exact) mass is 616 g/mol. The zero-order valence-corrected chi connectivity index (χ0v) is 23.5. The summed E-state index contributed by atoms with van der Waals surface area (Å²) in [5, 5.41) is 11.4. The van der Waals surface area contributed by atoms with Crippen LogP contribution in [0.25, 0.3) is 22.7 Å². The third-order valence-corrected chi connectivity index (χ3v) is 10.2. The Morgan fingerprint density at radius 2 is 1.83 bits per heavy atom. The van der Waals surface area contributed by atoms with E-state index < -0.39 is 38.0 Å². The summed E-state index contributed by atoms with van der Waals surface area (Å²) < 4.78 is 70.2. The zero-order valence-electron chi connectivity index (χ0n) is 21.9. The fourth-order valence-corrected chi connectivity index (χ4v) is 6.80. The van der Waals surface area contributed by atoms with E-state index in [4.69, 9.17) is 31.8 Å². The van der Waals surface area contributed by atoms with Gasteiger partial charge in [-0.2, -0.15) is 13.2 Å². The molecule has 1 aliphatic heterocycles. The molecule has 0 bridgehead atoms. The molecule has 1 fully saturated rings. The largest absolute Gasteiger partial charge is 0.490 e. The van der Waals surface area contributed by atoms with Crippen LogP contribution in [0.4, 0.5) is 17.6 Å². The van der Waals surface area contributed by atoms with E-state index in [1.165, 1.54) is 18.5 Å². The van der Waals surface area contributed by atoms with E-state index in [1.54, 1.807) is 39.0 Å². The fraction of sp³-hybridized carbons (Fsp3) is 0.400.